The summed E-state index contributed by atoms with van der Waals surface area (Å²) in [6.07, 6.45) is 12.3. The number of carboxylic acids is 1. The molecule has 5 heteroatoms. The zero-order valence-corrected chi connectivity index (χ0v) is 13.4. The van der Waals surface area contributed by atoms with Crippen LogP contribution in [0.1, 0.15) is 64.2 Å². The maximum Gasteiger partial charge on any atom is 0.321 e. The Balaban J connectivity index is 3.04. The Hall–Kier alpha value is -0.260. The Morgan fingerprint density at radius 2 is 1.35 bits per heavy atom. The number of hydrogen-bond acceptors (Lipinski definition) is 4. The SMILES string of the molecule is N[C@@H](CSCCCCCCCCCCCCO)C(=O)O. The van der Waals surface area contributed by atoms with Crippen molar-refractivity contribution in [2.75, 3.05) is 18.1 Å². The average molecular weight is 305 g/mol. The van der Waals surface area contributed by atoms with Crippen LogP contribution in [0.2, 0.25) is 0 Å². The van der Waals surface area contributed by atoms with Gasteiger partial charge in [0.25, 0.3) is 0 Å². The van der Waals surface area contributed by atoms with Crippen LogP contribution in [-0.2, 0) is 4.79 Å². The van der Waals surface area contributed by atoms with Crippen LogP contribution in [-0.4, -0.2) is 40.3 Å². The van der Waals surface area contributed by atoms with Crippen LogP contribution >= 0.6 is 11.8 Å². The van der Waals surface area contributed by atoms with Gasteiger partial charge in [0.2, 0.25) is 0 Å². The summed E-state index contributed by atoms with van der Waals surface area (Å²) in [5.41, 5.74) is 5.42. The summed E-state index contributed by atoms with van der Waals surface area (Å²) < 4.78 is 0. The van der Waals surface area contributed by atoms with Crippen molar-refractivity contribution in [2.24, 2.45) is 5.73 Å². The van der Waals surface area contributed by atoms with Gasteiger partial charge < -0.3 is 15.9 Å². The summed E-state index contributed by atoms with van der Waals surface area (Å²) in [6.45, 7) is 0.329. The van der Waals surface area contributed by atoms with Crippen molar-refractivity contribution in [2.45, 2.75) is 70.3 Å². The molecule has 4 N–H and O–H groups in total. The molecule has 0 rings (SSSR count). The molecule has 120 valence electrons. The molecule has 0 unspecified atom stereocenters. The van der Waals surface area contributed by atoms with Crippen LogP contribution in [0.25, 0.3) is 0 Å². The number of nitrogens with two attached hydrogens (primary N) is 1. The monoisotopic (exact) mass is 305 g/mol. The minimum atomic E-state index is -0.906. The lowest BCUT2D eigenvalue weighted by molar-refractivity contribution is -0.137. The van der Waals surface area contributed by atoms with E-state index in [0.717, 1.165) is 25.0 Å². The molecule has 0 aromatic carbocycles. The molecule has 0 saturated carbocycles. The fourth-order valence-electron chi connectivity index (χ4n) is 2.01. The Morgan fingerprint density at radius 1 is 0.900 bits per heavy atom. The third-order valence-corrected chi connectivity index (χ3v) is 4.48. The van der Waals surface area contributed by atoms with E-state index in [2.05, 4.69) is 0 Å². The zero-order chi connectivity index (χ0) is 15.1. The van der Waals surface area contributed by atoms with Gasteiger partial charge in [0, 0.05) is 12.4 Å². The number of unbranched alkanes of at least 4 members (excludes halogenated alkanes) is 9. The Labute approximate surface area is 127 Å². The van der Waals surface area contributed by atoms with Crippen LogP contribution in [0, 0.1) is 0 Å². The van der Waals surface area contributed by atoms with Gasteiger partial charge in [-0.2, -0.15) is 11.8 Å². The van der Waals surface area contributed by atoms with Gasteiger partial charge in [-0.15, -0.1) is 0 Å². The number of carbonyl (C=O) groups is 1. The third kappa shape index (κ3) is 14.2. The largest absolute Gasteiger partial charge is 0.480 e. The fraction of sp³-hybridized carbons (Fsp3) is 0.933. The first-order valence-corrected chi connectivity index (χ1v) is 9.01. The second-order valence-electron chi connectivity index (χ2n) is 5.28. The maximum atomic E-state index is 10.5. The minimum Gasteiger partial charge on any atom is -0.480 e. The molecule has 0 aliphatic heterocycles. The van der Waals surface area contributed by atoms with Gasteiger partial charge in [0.15, 0.2) is 0 Å². The maximum absolute atomic E-state index is 10.5. The number of rotatable bonds is 15. The summed E-state index contributed by atoms with van der Waals surface area (Å²) >= 11 is 1.64. The number of aliphatic hydroxyl groups is 1. The second-order valence-corrected chi connectivity index (χ2v) is 6.43. The molecule has 0 aliphatic carbocycles. The molecule has 0 heterocycles. The average Bonchev–Trinajstić information content (AvgIpc) is 2.43. The van der Waals surface area contributed by atoms with Gasteiger partial charge in [-0.05, 0) is 18.6 Å². The van der Waals surface area contributed by atoms with Crippen LogP contribution in [0.4, 0.5) is 0 Å². The van der Waals surface area contributed by atoms with E-state index in [1.54, 1.807) is 11.8 Å². The Morgan fingerprint density at radius 3 is 1.80 bits per heavy atom. The predicted octanol–water partition coefficient (Wildman–Crippen LogP) is 3.02. The first-order chi connectivity index (χ1) is 9.68. The van der Waals surface area contributed by atoms with Gasteiger partial charge in [-0.3, -0.25) is 4.79 Å². The number of thioether (sulfide) groups is 1. The Kier molecular flexibility index (Phi) is 14.9. The molecule has 20 heavy (non-hydrogen) atoms. The smallest absolute Gasteiger partial charge is 0.321 e. The number of carboxylic acid groups (broad SMARTS) is 1. The summed E-state index contributed by atoms with van der Waals surface area (Å²) in [5.74, 6) is 0.627. The van der Waals surface area contributed by atoms with E-state index in [9.17, 15) is 4.79 Å². The number of aliphatic hydroxyl groups excluding tert-OH is 1. The standard InChI is InChI=1S/C15H31NO3S/c16-14(15(18)19)13-20-12-10-8-6-4-2-1-3-5-7-9-11-17/h14,17H,1-13,16H2,(H,18,19)/t14-/m0/s1. The van der Waals surface area contributed by atoms with Gasteiger partial charge >= 0.3 is 5.97 Å². The minimum absolute atomic E-state index is 0.329. The van der Waals surface area contributed by atoms with Crippen LogP contribution in [0.5, 0.6) is 0 Å². The van der Waals surface area contributed by atoms with Crippen molar-refractivity contribution in [3.05, 3.63) is 0 Å². The van der Waals surface area contributed by atoms with E-state index in [0.29, 0.717) is 12.4 Å². The highest BCUT2D eigenvalue weighted by Crippen LogP contribution is 2.12. The first kappa shape index (κ1) is 19.7. The molecule has 0 radical (unpaired) electrons. The molecule has 0 spiro atoms. The molecule has 0 saturated heterocycles. The first-order valence-electron chi connectivity index (χ1n) is 7.85. The van der Waals surface area contributed by atoms with E-state index < -0.39 is 12.0 Å². The molecule has 0 bridgehead atoms. The van der Waals surface area contributed by atoms with Crippen molar-refractivity contribution in [3.8, 4) is 0 Å². The third-order valence-electron chi connectivity index (χ3n) is 3.31. The highest BCUT2D eigenvalue weighted by atomic mass is 32.2. The van der Waals surface area contributed by atoms with E-state index in [-0.39, 0.29) is 0 Å². The Bertz CT molecular complexity index is 227. The molecule has 0 fully saturated rings. The lowest BCUT2D eigenvalue weighted by Crippen LogP contribution is -2.32. The molecular formula is C15H31NO3S. The van der Waals surface area contributed by atoms with Crippen molar-refractivity contribution in [3.63, 3.8) is 0 Å². The van der Waals surface area contributed by atoms with Crippen LogP contribution < -0.4 is 5.73 Å². The predicted molar refractivity (Wildman–Crippen MR) is 86.2 cm³/mol. The van der Waals surface area contributed by atoms with Crippen LogP contribution in [0.15, 0.2) is 0 Å². The second kappa shape index (κ2) is 15.1. The van der Waals surface area contributed by atoms with Gasteiger partial charge in [-0.1, -0.05) is 51.4 Å². The normalized spacial score (nSPS) is 12.5. The molecule has 0 aromatic heterocycles. The lowest BCUT2D eigenvalue weighted by Gasteiger charge is -2.05. The van der Waals surface area contributed by atoms with Crippen molar-refractivity contribution in [1.29, 1.82) is 0 Å². The quantitative estimate of drug-likeness (QED) is 0.405. The molecule has 0 aliphatic rings. The molecular weight excluding hydrogens is 274 g/mol. The number of aliphatic carboxylic acids is 1. The van der Waals surface area contributed by atoms with Crippen molar-refractivity contribution < 1.29 is 15.0 Å². The summed E-state index contributed by atoms with van der Waals surface area (Å²) in [6, 6.07) is -0.717. The van der Waals surface area contributed by atoms with E-state index in [1.807, 2.05) is 0 Å². The molecule has 0 amide bonds. The highest BCUT2D eigenvalue weighted by Gasteiger charge is 2.10. The van der Waals surface area contributed by atoms with Crippen molar-refractivity contribution in [1.82, 2.24) is 0 Å². The van der Waals surface area contributed by atoms with Gasteiger partial charge in [0.05, 0.1) is 0 Å². The van der Waals surface area contributed by atoms with E-state index >= 15 is 0 Å². The molecule has 4 nitrogen and oxygen atoms in total. The van der Waals surface area contributed by atoms with E-state index in [1.165, 1.54) is 44.9 Å². The topological polar surface area (TPSA) is 83.5 Å². The number of hydrogen-bond donors (Lipinski definition) is 3. The molecule has 1 atom stereocenters. The summed E-state index contributed by atoms with van der Waals surface area (Å²) in [4.78, 5) is 10.5. The lowest BCUT2D eigenvalue weighted by atomic mass is 10.1. The van der Waals surface area contributed by atoms with E-state index in [4.69, 9.17) is 15.9 Å². The zero-order valence-electron chi connectivity index (χ0n) is 12.6. The fourth-order valence-corrected chi connectivity index (χ4v) is 2.98. The highest BCUT2D eigenvalue weighted by molar-refractivity contribution is 7.99. The summed E-state index contributed by atoms with van der Waals surface area (Å²) in [7, 11) is 0. The van der Waals surface area contributed by atoms with Crippen molar-refractivity contribution >= 4 is 17.7 Å². The summed E-state index contributed by atoms with van der Waals surface area (Å²) in [5, 5.41) is 17.3. The van der Waals surface area contributed by atoms with Gasteiger partial charge in [0.1, 0.15) is 6.04 Å². The van der Waals surface area contributed by atoms with Crippen LogP contribution in [0.3, 0.4) is 0 Å². The molecule has 0 aromatic rings. The van der Waals surface area contributed by atoms with Gasteiger partial charge in [-0.25, -0.2) is 0 Å².